The predicted octanol–water partition coefficient (Wildman–Crippen LogP) is 1.92. The van der Waals surface area contributed by atoms with E-state index >= 15 is 0 Å². The van der Waals surface area contributed by atoms with Crippen LogP contribution in [0.15, 0.2) is 24.3 Å². The molecule has 1 aliphatic rings. The van der Waals surface area contributed by atoms with Crippen LogP contribution in [0, 0.1) is 0 Å². The number of rotatable bonds is 4. The summed E-state index contributed by atoms with van der Waals surface area (Å²) < 4.78 is 5.18. The lowest BCUT2D eigenvalue weighted by Gasteiger charge is -2.26. The lowest BCUT2D eigenvalue weighted by atomic mass is 10.2. The number of nitrogens with one attached hydrogen (secondary N) is 1. The lowest BCUT2D eigenvalue weighted by molar-refractivity contribution is -0.136. The number of halogens is 1. The molecule has 0 bridgehead atoms. The average Bonchev–Trinajstić information content (AvgIpc) is 2.48. The zero-order chi connectivity index (χ0) is 14.4. The highest BCUT2D eigenvalue weighted by molar-refractivity contribution is 6.33. The highest BCUT2D eigenvalue weighted by Gasteiger charge is 2.17. The molecule has 1 N–H and O–H groups in total. The second kappa shape index (κ2) is 7.26. The van der Waals surface area contributed by atoms with Gasteiger partial charge in [-0.25, -0.2) is 0 Å². The summed E-state index contributed by atoms with van der Waals surface area (Å²) in [5.74, 6) is -0.220. The molecular formula is C14H17ClN2O3. The van der Waals surface area contributed by atoms with Crippen molar-refractivity contribution >= 4 is 29.1 Å². The van der Waals surface area contributed by atoms with Gasteiger partial charge in [0.25, 0.3) is 0 Å². The Labute approximate surface area is 122 Å². The van der Waals surface area contributed by atoms with Crippen LogP contribution in [0.3, 0.4) is 0 Å². The van der Waals surface area contributed by atoms with Crippen LogP contribution in [0.4, 0.5) is 5.69 Å². The first kappa shape index (κ1) is 14.8. The van der Waals surface area contributed by atoms with E-state index < -0.39 is 0 Å². The molecule has 6 heteroatoms. The van der Waals surface area contributed by atoms with Crippen molar-refractivity contribution in [1.29, 1.82) is 0 Å². The molecule has 0 saturated carbocycles. The maximum absolute atomic E-state index is 11.9. The topological polar surface area (TPSA) is 58.6 Å². The minimum absolute atomic E-state index is 0.0115. The van der Waals surface area contributed by atoms with E-state index in [1.54, 1.807) is 29.2 Å². The van der Waals surface area contributed by atoms with Crippen molar-refractivity contribution in [2.75, 3.05) is 31.6 Å². The smallest absolute Gasteiger partial charge is 0.224 e. The van der Waals surface area contributed by atoms with E-state index in [2.05, 4.69) is 5.32 Å². The highest BCUT2D eigenvalue weighted by Crippen LogP contribution is 2.20. The summed E-state index contributed by atoms with van der Waals surface area (Å²) in [7, 11) is 0. The molecule has 1 aromatic carbocycles. The minimum atomic E-state index is -0.209. The largest absolute Gasteiger partial charge is 0.378 e. The molecule has 0 atom stereocenters. The summed E-state index contributed by atoms with van der Waals surface area (Å²) in [4.78, 5) is 25.4. The van der Waals surface area contributed by atoms with Crippen LogP contribution >= 0.6 is 11.6 Å². The third-order valence-electron chi connectivity index (χ3n) is 3.08. The van der Waals surface area contributed by atoms with Crippen molar-refractivity contribution in [3.8, 4) is 0 Å². The van der Waals surface area contributed by atoms with Gasteiger partial charge in [-0.15, -0.1) is 0 Å². The number of carbonyl (C=O) groups is 2. The molecular weight excluding hydrogens is 280 g/mol. The fourth-order valence-electron chi connectivity index (χ4n) is 1.97. The third kappa shape index (κ3) is 4.21. The van der Waals surface area contributed by atoms with Crippen molar-refractivity contribution < 1.29 is 14.3 Å². The summed E-state index contributed by atoms with van der Waals surface area (Å²) in [5.41, 5.74) is 0.568. The van der Waals surface area contributed by atoms with Crippen LogP contribution in [0.1, 0.15) is 12.8 Å². The molecule has 0 unspecified atom stereocenters. The van der Waals surface area contributed by atoms with Gasteiger partial charge in [-0.1, -0.05) is 23.7 Å². The van der Waals surface area contributed by atoms with Gasteiger partial charge in [0.15, 0.2) is 0 Å². The van der Waals surface area contributed by atoms with Gasteiger partial charge in [0.2, 0.25) is 11.8 Å². The standard InChI is InChI=1S/C14H17ClN2O3/c15-11-3-1-2-4-12(11)16-13(18)5-6-14(19)17-7-9-20-10-8-17/h1-4H,5-10H2,(H,16,18). The first-order chi connectivity index (χ1) is 9.66. The van der Waals surface area contributed by atoms with Gasteiger partial charge in [0.1, 0.15) is 0 Å². The van der Waals surface area contributed by atoms with E-state index in [1.807, 2.05) is 0 Å². The van der Waals surface area contributed by atoms with E-state index in [-0.39, 0.29) is 24.7 Å². The number of hydrogen-bond donors (Lipinski definition) is 1. The van der Waals surface area contributed by atoms with Gasteiger partial charge in [0, 0.05) is 25.9 Å². The molecule has 0 radical (unpaired) electrons. The van der Waals surface area contributed by atoms with Crippen LogP contribution < -0.4 is 5.32 Å². The van der Waals surface area contributed by atoms with Gasteiger partial charge >= 0.3 is 0 Å². The zero-order valence-electron chi connectivity index (χ0n) is 11.1. The Morgan fingerprint density at radius 1 is 1.20 bits per heavy atom. The average molecular weight is 297 g/mol. The molecule has 1 saturated heterocycles. The Bertz CT molecular complexity index is 487. The summed E-state index contributed by atoms with van der Waals surface area (Å²) in [6, 6.07) is 7.01. The molecule has 1 fully saturated rings. The third-order valence-corrected chi connectivity index (χ3v) is 3.41. The van der Waals surface area contributed by atoms with Crippen LogP contribution in [0.25, 0.3) is 0 Å². The fourth-order valence-corrected chi connectivity index (χ4v) is 2.15. The predicted molar refractivity (Wildman–Crippen MR) is 76.7 cm³/mol. The van der Waals surface area contributed by atoms with Gasteiger partial charge in [0.05, 0.1) is 23.9 Å². The summed E-state index contributed by atoms with van der Waals surface area (Å²) in [6.07, 6.45) is 0.359. The van der Waals surface area contributed by atoms with Crippen LogP contribution in [0.2, 0.25) is 5.02 Å². The van der Waals surface area contributed by atoms with Gasteiger partial charge < -0.3 is 15.0 Å². The zero-order valence-corrected chi connectivity index (χ0v) is 11.9. The maximum Gasteiger partial charge on any atom is 0.224 e. The van der Waals surface area contributed by atoms with Crippen molar-refractivity contribution in [2.45, 2.75) is 12.8 Å². The maximum atomic E-state index is 11.9. The SMILES string of the molecule is O=C(CCC(=O)N1CCOCC1)Nc1ccccc1Cl. The minimum Gasteiger partial charge on any atom is -0.378 e. The summed E-state index contributed by atoms with van der Waals surface area (Å²) in [6.45, 7) is 2.34. The van der Waals surface area contributed by atoms with Gasteiger partial charge in [-0.3, -0.25) is 9.59 Å². The second-order valence-corrected chi connectivity index (χ2v) is 4.93. The lowest BCUT2D eigenvalue weighted by Crippen LogP contribution is -2.40. The van der Waals surface area contributed by atoms with Crippen molar-refractivity contribution in [3.05, 3.63) is 29.3 Å². The molecule has 5 nitrogen and oxygen atoms in total. The molecule has 0 aromatic heterocycles. The summed E-state index contributed by atoms with van der Waals surface area (Å²) >= 11 is 5.95. The fraction of sp³-hybridized carbons (Fsp3) is 0.429. The van der Waals surface area contributed by atoms with E-state index in [9.17, 15) is 9.59 Å². The van der Waals surface area contributed by atoms with E-state index in [0.717, 1.165) is 0 Å². The molecule has 1 heterocycles. The molecule has 20 heavy (non-hydrogen) atoms. The monoisotopic (exact) mass is 296 g/mol. The van der Waals surface area contributed by atoms with E-state index in [0.29, 0.717) is 37.0 Å². The Morgan fingerprint density at radius 2 is 1.90 bits per heavy atom. The number of nitrogens with zero attached hydrogens (tertiary/aromatic N) is 1. The quantitative estimate of drug-likeness (QED) is 0.923. The van der Waals surface area contributed by atoms with Gasteiger partial charge in [-0.2, -0.15) is 0 Å². The normalized spacial score (nSPS) is 14.9. The molecule has 108 valence electrons. The number of hydrogen-bond acceptors (Lipinski definition) is 3. The molecule has 1 aliphatic heterocycles. The number of para-hydroxylation sites is 1. The Balaban J connectivity index is 1.77. The number of benzene rings is 1. The Kier molecular flexibility index (Phi) is 5.38. The summed E-state index contributed by atoms with van der Waals surface area (Å²) in [5, 5.41) is 3.19. The second-order valence-electron chi connectivity index (χ2n) is 4.52. The van der Waals surface area contributed by atoms with E-state index in [4.69, 9.17) is 16.3 Å². The molecule has 1 aromatic rings. The number of ether oxygens (including phenoxy) is 1. The molecule has 0 spiro atoms. The van der Waals surface area contributed by atoms with Crippen LogP contribution in [-0.2, 0) is 14.3 Å². The van der Waals surface area contributed by atoms with Crippen molar-refractivity contribution in [3.63, 3.8) is 0 Å². The Hall–Kier alpha value is -1.59. The molecule has 2 rings (SSSR count). The Morgan fingerprint density at radius 3 is 2.60 bits per heavy atom. The molecule has 0 aliphatic carbocycles. The van der Waals surface area contributed by atoms with Gasteiger partial charge in [-0.05, 0) is 12.1 Å². The highest BCUT2D eigenvalue weighted by atomic mass is 35.5. The first-order valence-corrected chi connectivity index (χ1v) is 6.94. The van der Waals surface area contributed by atoms with Crippen molar-refractivity contribution in [2.24, 2.45) is 0 Å². The number of carbonyl (C=O) groups excluding carboxylic acids is 2. The van der Waals surface area contributed by atoms with E-state index in [1.165, 1.54) is 0 Å². The number of anilines is 1. The van der Waals surface area contributed by atoms with Crippen LogP contribution in [0.5, 0.6) is 0 Å². The van der Waals surface area contributed by atoms with Crippen molar-refractivity contribution in [1.82, 2.24) is 4.90 Å². The van der Waals surface area contributed by atoms with Crippen LogP contribution in [-0.4, -0.2) is 43.0 Å². The molecule has 2 amide bonds. The number of morpholine rings is 1. The number of amides is 2. The first-order valence-electron chi connectivity index (χ1n) is 6.57.